The summed E-state index contributed by atoms with van der Waals surface area (Å²) in [6.07, 6.45) is 5.98. The Morgan fingerprint density at radius 2 is 1.76 bits per heavy atom. The first-order chi connectivity index (χ1) is 12.0. The van der Waals surface area contributed by atoms with Gasteiger partial charge in [0.1, 0.15) is 0 Å². The Bertz CT molecular complexity index is 387. The maximum absolute atomic E-state index is 6.17. The van der Waals surface area contributed by atoms with E-state index in [9.17, 15) is 0 Å². The van der Waals surface area contributed by atoms with Crippen molar-refractivity contribution in [1.29, 1.82) is 0 Å². The Kier molecular flexibility index (Phi) is 7.18. The second kappa shape index (κ2) is 9.16. The van der Waals surface area contributed by atoms with E-state index in [4.69, 9.17) is 9.47 Å². The van der Waals surface area contributed by atoms with Gasteiger partial charge < -0.3 is 14.4 Å². The molecule has 0 unspecified atom stereocenters. The Morgan fingerprint density at radius 3 is 2.40 bits per heavy atom. The van der Waals surface area contributed by atoms with Crippen molar-refractivity contribution in [3.63, 3.8) is 0 Å². The van der Waals surface area contributed by atoms with E-state index in [2.05, 4.69) is 37.5 Å². The average Bonchev–Trinajstić information content (AvgIpc) is 2.53. The van der Waals surface area contributed by atoms with Gasteiger partial charge in [0.25, 0.3) is 0 Å². The van der Waals surface area contributed by atoms with Gasteiger partial charge in [-0.1, -0.05) is 27.7 Å². The average molecular weight is 353 g/mol. The fraction of sp³-hybridized carbons (Fsp3) is 1.00. The van der Waals surface area contributed by atoms with Crippen LogP contribution in [-0.2, 0) is 9.47 Å². The SMILES string of the molecule is CC(C)CN1CCO[C@@H](COC2CC(N3CCC(C(C)C)CC3)C2)C1. The lowest BCUT2D eigenvalue weighted by atomic mass is 9.82. The molecule has 1 atom stereocenters. The lowest BCUT2D eigenvalue weighted by Gasteiger charge is -2.46. The predicted molar refractivity (Wildman–Crippen MR) is 103 cm³/mol. The normalized spacial score (nSPS) is 33.1. The highest BCUT2D eigenvalue weighted by atomic mass is 16.5. The van der Waals surface area contributed by atoms with Crippen LogP contribution in [0.25, 0.3) is 0 Å². The lowest BCUT2D eigenvalue weighted by molar-refractivity contribution is -0.116. The van der Waals surface area contributed by atoms with Crippen LogP contribution < -0.4 is 0 Å². The van der Waals surface area contributed by atoms with Gasteiger partial charge in [0.2, 0.25) is 0 Å². The molecule has 0 N–H and O–H groups in total. The first-order valence-electron chi connectivity index (χ1n) is 10.7. The van der Waals surface area contributed by atoms with Crippen LogP contribution in [0.4, 0.5) is 0 Å². The van der Waals surface area contributed by atoms with E-state index >= 15 is 0 Å². The molecule has 0 amide bonds. The molecule has 0 aromatic heterocycles. The van der Waals surface area contributed by atoms with Crippen LogP contribution in [0.15, 0.2) is 0 Å². The quantitative estimate of drug-likeness (QED) is 0.702. The summed E-state index contributed by atoms with van der Waals surface area (Å²) in [6, 6.07) is 0.780. The molecule has 1 saturated carbocycles. The number of ether oxygens (including phenoxy) is 2. The zero-order valence-corrected chi connectivity index (χ0v) is 17.0. The van der Waals surface area contributed by atoms with Crippen molar-refractivity contribution in [2.75, 3.05) is 45.9 Å². The molecule has 0 aromatic carbocycles. The van der Waals surface area contributed by atoms with Crippen molar-refractivity contribution >= 4 is 0 Å². The van der Waals surface area contributed by atoms with Crippen LogP contribution in [-0.4, -0.2) is 74.0 Å². The molecule has 3 fully saturated rings. The number of piperidine rings is 1. The number of hydrogen-bond acceptors (Lipinski definition) is 4. The number of morpholine rings is 1. The Labute approximate surface area is 155 Å². The summed E-state index contributed by atoms with van der Waals surface area (Å²) in [5, 5.41) is 0. The highest BCUT2D eigenvalue weighted by Crippen LogP contribution is 2.33. The van der Waals surface area contributed by atoms with Crippen molar-refractivity contribution in [3.8, 4) is 0 Å². The second-order valence-electron chi connectivity index (χ2n) is 9.34. The number of nitrogens with zero attached hydrogens (tertiary/aromatic N) is 2. The highest BCUT2D eigenvalue weighted by Gasteiger charge is 2.36. The zero-order chi connectivity index (χ0) is 17.8. The zero-order valence-electron chi connectivity index (χ0n) is 17.0. The summed E-state index contributed by atoms with van der Waals surface area (Å²) in [7, 11) is 0. The maximum Gasteiger partial charge on any atom is 0.0935 e. The molecule has 25 heavy (non-hydrogen) atoms. The molecule has 3 rings (SSSR count). The third-order valence-electron chi connectivity index (χ3n) is 6.47. The van der Waals surface area contributed by atoms with Gasteiger partial charge in [0.15, 0.2) is 0 Å². The Morgan fingerprint density at radius 1 is 1.04 bits per heavy atom. The molecule has 4 nitrogen and oxygen atoms in total. The highest BCUT2D eigenvalue weighted by molar-refractivity contribution is 4.90. The molecule has 1 aliphatic carbocycles. The van der Waals surface area contributed by atoms with Gasteiger partial charge in [-0.15, -0.1) is 0 Å². The Balaban J connectivity index is 1.29. The van der Waals surface area contributed by atoms with Gasteiger partial charge in [0.05, 0.1) is 25.4 Å². The van der Waals surface area contributed by atoms with Gasteiger partial charge in [0, 0.05) is 25.7 Å². The van der Waals surface area contributed by atoms with E-state index in [1.165, 1.54) is 45.3 Å². The largest absolute Gasteiger partial charge is 0.375 e. The summed E-state index contributed by atoms with van der Waals surface area (Å²) in [6.45, 7) is 16.9. The second-order valence-corrected chi connectivity index (χ2v) is 9.34. The molecule has 0 bridgehead atoms. The van der Waals surface area contributed by atoms with Crippen molar-refractivity contribution in [3.05, 3.63) is 0 Å². The summed E-state index contributed by atoms with van der Waals surface area (Å²) >= 11 is 0. The number of hydrogen-bond donors (Lipinski definition) is 0. The minimum Gasteiger partial charge on any atom is -0.375 e. The van der Waals surface area contributed by atoms with E-state index in [0.29, 0.717) is 6.10 Å². The fourth-order valence-electron chi connectivity index (χ4n) is 4.73. The number of likely N-dealkylation sites (tertiary alicyclic amines) is 1. The van der Waals surface area contributed by atoms with E-state index in [0.717, 1.165) is 50.1 Å². The first kappa shape index (κ1) is 19.6. The predicted octanol–water partition coefficient (Wildman–Crippen LogP) is 3.26. The molecule has 0 radical (unpaired) electrons. The molecule has 2 heterocycles. The third-order valence-corrected chi connectivity index (χ3v) is 6.47. The van der Waals surface area contributed by atoms with Crippen molar-refractivity contribution in [2.24, 2.45) is 17.8 Å². The Hall–Kier alpha value is -0.160. The van der Waals surface area contributed by atoms with E-state index in [-0.39, 0.29) is 6.10 Å². The summed E-state index contributed by atoms with van der Waals surface area (Å²) in [4.78, 5) is 5.25. The van der Waals surface area contributed by atoms with Crippen LogP contribution in [0.3, 0.4) is 0 Å². The van der Waals surface area contributed by atoms with Gasteiger partial charge in [-0.25, -0.2) is 0 Å². The minimum atomic E-state index is 0.272. The molecule has 2 saturated heterocycles. The molecule has 3 aliphatic rings. The molecule has 0 spiro atoms. The van der Waals surface area contributed by atoms with E-state index < -0.39 is 0 Å². The van der Waals surface area contributed by atoms with Gasteiger partial charge >= 0.3 is 0 Å². The first-order valence-corrected chi connectivity index (χ1v) is 10.7. The molecule has 0 aromatic rings. The molecular formula is C21H40N2O2. The summed E-state index contributed by atoms with van der Waals surface area (Å²) in [5.41, 5.74) is 0. The van der Waals surface area contributed by atoms with E-state index in [1.54, 1.807) is 0 Å². The number of rotatable bonds is 7. The van der Waals surface area contributed by atoms with Gasteiger partial charge in [-0.3, -0.25) is 4.90 Å². The van der Waals surface area contributed by atoms with Crippen molar-refractivity contribution in [2.45, 2.75) is 71.6 Å². The molecule has 4 heteroatoms. The minimum absolute atomic E-state index is 0.272. The maximum atomic E-state index is 6.17. The van der Waals surface area contributed by atoms with Crippen LogP contribution in [0.1, 0.15) is 53.4 Å². The van der Waals surface area contributed by atoms with E-state index in [1.807, 2.05) is 0 Å². The summed E-state index contributed by atoms with van der Waals surface area (Å²) in [5.74, 6) is 2.53. The van der Waals surface area contributed by atoms with Crippen LogP contribution in [0.2, 0.25) is 0 Å². The monoisotopic (exact) mass is 352 g/mol. The topological polar surface area (TPSA) is 24.9 Å². The third kappa shape index (κ3) is 5.66. The van der Waals surface area contributed by atoms with Crippen LogP contribution in [0, 0.1) is 17.8 Å². The van der Waals surface area contributed by atoms with Crippen molar-refractivity contribution in [1.82, 2.24) is 9.80 Å². The smallest absolute Gasteiger partial charge is 0.0935 e. The molecular weight excluding hydrogens is 312 g/mol. The fourth-order valence-corrected chi connectivity index (χ4v) is 4.73. The molecule has 146 valence electrons. The standard InChI is InChI=1S/C21H40N2O2/c1-16(2)13-22-9-10-24-21(14-22)15-25-20-11-19(12-20)23-7-5-18(6-8-23)17(3)4/h16-21H,5-15H2,1-4H3/t19?,20?,21-/m1/s1. The van der Waals surface area contributed by atoms with Crippen LogP contribution >= 0.6 is 0 Å². The van der Waals surface area contributed by atoms with Crippen LogP contribution in [0.5, 0.6) is 0 Å². The summed E-state index contributed by atoms with van der Waals surface area (Å²) < 4.78 is 12.1. The molecule has 2 aliphatic heterocycles. The van der Waals surface area contributed by atoms with Gasteiger partial charge in [-0.2, -0.15) is 0 Å². The van der Waals surface area contributed by atoms with Crippen molar-refractivity contribution < 1.29 is 9.47 Å². The lowest BCUT2D eigenvalue weighted by Crippen LogP contribution is -2.52. The van der Waals surface area contributed by atoms with Gasteiger partial charge in [-0.05, 0) is 56.5 Å².